The van der Waals surface area contributed by atoms with E-state index in [1.54, 1.807) is 18.2 Å². The average Bonchev–Trinajstić information content (AvgIpc) is 3.49. The van der Waals surface area contributed by atoms with Crippen LogP contribution in [0, 0.1) is 11.8 Å². The molecule has 2 aliphatic carbocycles. The van der Waals surface area contributed by atoms with E-state index in [9.17, 15) is 9.59 Å². The number of nitrogens with one attached hydrogen (secondary N) is 2. The molecular formula is C23H27N3O4S. The van der Waals surface area contributed by atoms with E-state index in [2.05, 4.69) is 15.6 Å². The van der Waals surface area contributed by atoms with Crippen LogP contribution in [0.1, 0.15) is 60.7 Å². The van der Waals surface area contributed by atoms with Crippen molar-refractivity contribution in [2.24, 2.45) is 11.8 Å². The minimum Gasteiger partial charge on any atom is -0.486 e. The van der Waals surface area contributed by atoms with E-state index in [1.807, 2.05) is 6.92 Å². The van der Waals surface area contributed by atoms with Crippen LogP contribution < -0.4 is 20.1 Å². The zero-order valence-corrected chi connectivity index (χ0v) is 18.4. The summed E-state index contributed by atoms with van der Waals surface area (Å²) in [5.74, 6) is 2.74. The number of benzene rings is 1. The predicted octanol–water partition coefficient (Wildman–Crippen LogP) is 4.48. The van der Waals surface area contributed by atoms with Gasteiger partial charge in [-0.1, -0.05) is 24.7 Å². The number of rotatable bonds is 7. The van der Waals surface area contributed by atoms with Gasteiger partial charge in [-0.05, 0) is 55.7 Å². The summed E-state index contributed by atoms with van der Waals surface area (Å²) in [4.78, 5) is 30.7. The van der Waals surface area contributed by atoms with Crippen molar-refractivity contribution in [1.82, 2.24) is 4.98 Å². The van der Waals surface area contributed by atoms with Gasteiger partial charge in [-0.2, -0.15) is 0 Å². The third-order valence-corrected chi connectivity index (χ3v) is 7.40. The van der Waals surface area contributed by atoms with Crippen molar-refractivity contribution >= 4 is 34.0 Å². The Morgan fingerprint density at radius 3 is 2.74 bits per heavy atom. The number of aromatic nitrogens is 1. The van der Waals surface area contributed by atoms with Gasteiger partial charge in [-0.3, -0.25) is 9.59 Å². The van der Waals surface area contributed by atoms with Gasteiger partial charge in [0.2, 0.25) is 11.7 Å². The van der Waals surface area contributed by atoms with Crippen molar-refractivity contribution in [2.75, 3.05) is 23.8 Å². The molecule has 31 heavy (non-hydrogen) atoms. The largest absolute Gasteiger partial charge is 0.486 e. The molecule has 2 bridgehead atoms. The maximum absolute atomic E-state index is 13.4. The lowest BCUT2D eigenvalue weighted by Crippen LogP contribution is -2.25. The van der Waals surface area contributed by atoms with Crippen LogP contribution in [0.2, 0.25) is 0 Å². The molecule has 1 amide bonds. The van der Waals surface area contributed by atoms with Crippen LogP contribution >= 0.6 is 11.3 Å². The SMILES string of the molecule is CCCC(=O)Nc1nc(N[C@H]2CC3CCC2C3)sc1C(=O)c1ccc2c(c1)OCCO2. The highest BCUT2D eigenvalue weighted by atomic mass is 32.1. The van der Waals surface area contributed by atoms with Gasteiger partial charge in [-0.25, -0.2) is 4.98 Å². The van der Waals surface area contributed by atoms with Crippen molar-refractivity contribution in [3.63, 3.8) is 0 Å². The molecule has 0 spiro atoms. The van der Waals surface area contributed by atoms with Gasteiger partial charge in [0.15, 0.2) is 22.4 Å². The molecule has 1 aromatic heterocycles. The highest BCUT2D eigenvalue weighted by Gasteiger charge is 2.40. The van der Waals surface area contributed by atoms with Crippen LogP contribution in [0.4, 0.5) is 10.9 Å². The van der Waals surface area contributed by atoms with Crippen LogP contribution in [0.3, 0.4) is 0 Å². The summed E-state index contributed by atoms with van der Waals surface area (Å²) in [5.41, 5.74) is 0.491. The van der Waals surface area contributed by atoms with E-state index in [1.165, 1.54) is 30.6 Å². The Hall–Kier alpha value is -2.61. The molecule has 2 unspecified atom stereocenters. The van der Waals surface area contributed by atoms with E-state index in [0.717, 1.165) is 18.8 Å². The molecule has 3 aliphatic rings. The highest BCUT2D eigenvalue weighted by molar-refractivity contribution is 7.18. The number of nitrogens with zero attached hydrogens (tertiary/aromatic N) is 1. The van der Waals surface area contributed by atoms with Crippen LogP contribution in [-0.4, -0.2) is 35.9 Å². The first-order valence-electron chi connectivity index (χ1n) is 11.1. The van der Waals surface area contributed by atoms with Crippen molar-refractivity contribution < 1.29 is 19.1 Å². The summed E-state index contributed by atoms with van der Waals surface area (Å²) >= 11 is 1.32. The number of carbonyl (C=O) groups is 2. The molecule has 2 heterocycles. The van der Waals surface area contributed by atoms with E-state index in [0.29, 0.717) is 64.5 Å². The van der Waals surface area contributed by atoms with E-state index in [-0.39, 0.29) is 11.7 Å². The number of ether oxygens (including phenoxy) is 2. The lowest BCUT2D eigenvalue weighted by Gasteiger charge is -2.22. The lowest BCUT2D eigenvalue weighted by molar-refractivity contribution is -0.116. The third-order valence-electron chi connectivity index (χ3n) is 6.42. The van der Waals surface area contributed by atoms with Gasteiger partial charge in [0.1, 0.15) is 18.1 Å². The zero-order chi connectivity index (χ0) is 21.4. The smallest absolute Gasteiger partial charge is 0.225 e. The number of hydrogen-bond donors (Lipinski definition) is 2. The van der Waals surface area contributed by atoms with Crippen molar-refractivity contribution in [3.05, 3.63) is 28.6 Å². The number of fused-ring (bicyclic) bond motifs is 3. The maximum Gasteiger partial charge on any atom is 0.225 e. The number of thiazole rings is 1. The second-order valence-corrected chi connectivity index (χ2v) is 9.61. The Balaban J connectivity index is 1.41. The van der Waals surface area contributed by atoms with Gasteiger partial charge in [0.25, 0.3) is 0 Å². The first kappa shape index (κ1) is 20.3. The molecule has 1 aliphatic heterocycles. The molecule has 3 atom stereocenters. The van der Waals surface area contributed by atoms with E-state index < -0.39 is 0 Å². The molecule has 5 rings (SSSR count). The summed E-state index contributed by atoms with van der Waals surface area (Å²) in [7, 11) is 0. The number of carbonyl (C=O) groups excluding carboxylic acids is 2. The fourth-order valence-corrected chi connectivity index (χ4v) is 5.88. The van der Waals surface area contributed by atoms with Crippen LogP contribution in [0.5, 0.6) is 11.5 Å². The Kier molecular flexibility index (Phi) is 5.56. The second kappa shape index (κ2) is 8.49. The summed E-state index contributed by atoms with van der Waals surface area (Å²) in [5, 5.41) is 7.10. The Morgan fingerprint density at radius 1 is 1.16 bits per heavy atom. The van der Waals surface area contributed by atoms with Crippen molar-refractivity contribution in [1.29, 1.82) is 0 Å². The van der Waals surface area contributed by atoms with Crippen molar-refractivity contribution in [3.8, 4) is 11.5 Å². The topological polar surface area (TPSA) is 89.6 Å². The summed E-state index contributed by atoms with van der Waals surface area (Å²) in [6.07, 6.45) is 6.16. The molecule has 164 valence electrons. The number of anilines is 2. The number of hydrogen-bond acceptors (Lipinski definition) is 7. The van der Waals surface area contributed by atoms with Gasteiger partial charge < -0.3 is 20.1 Å². The predicted molar refractivity (Wildman–Crippen MR) is 119 cm³/mol. The van der Waals surface area contributed by atoms with Crippen LogP contribution in [0.15, 0.2) is 18.2 Å². The average molecular weight is 442 g/mol. The standard InChI is InChI=1S/C23H27N3O4S/c1-2-3-19(27)25-22-21(20(28)15-6-7-17-18(12-15)30-9-8-29-17)31-23(26-22)24-16-11-13-4-5-14(16)10-13/h6-7,12-14,16H,2-5,8-11H2,1H3,(H,24,26)(H,25,27)/t13?,14?,16-/m0/s1. The van der Waals surface area contributed by atoms with Gasteiger partial charge in [0.05, 0.1) is 0 Å². The molecule has 8 heteroatoms. The molecule has 1 aromatic carbocycles. The minimum absolute atomic E-state index is 0.129. The van der Waals surface area contributed by atoms with Gasteiger partial charge in [0, 0.05) is 18.0 Å². The monoisotopic (exact) mass is 441 g/mol. The molecule has 2 N–H and O–H groups in total. The zero-order valence-electron chi connectivity index (χ0n) is 17.6. The lowest BCUT2D eigenvalue weighted by atomic mass is 9.96. The fourth-order valence-electron chi connectivity index (χ4n) is 4.94. The van der Waals surface area contributed by atoms with Crippen molar-refractivity contribution in [2.45, 2.75) is 51.5 Å². The van der Waals surface area contributed by atoms with Gasteiger partial charge >= 0.3 is 0 Å². The quantitative estimate of drug-likeness (QED) is 0.616. The molecule has 7 nitrogen and oxygen atoms in total. The second-order valence-electron chi connectivity index (χ2n) is 8.61. The first-order chi connectivity index (χ1) is 15.1. The van der Waals surface area contributed by atoms with Crippen LogP contribution in [0.25, 0.3) is 0 Å². The highest BCUT2D eigenvalue weighted by Crippen LogP contribution is 2.46. The fraction of sp³-hybridized carbons (Fsp3) is 0.522. The van der Waals surface area contributed by atoms with Crippen LogP contribution in [-0.2, 0) is 4.79 Å². The molecule has 2 fully saturated rings. The van der Waals surface area contributed by atoms with Gasteiger partial charge in [-0.15, -0.1) is 0 Å². The van der Waals surface area contributed by atoms with E-state index in [4.69, 9.17) is 9.47 Å². The molecular weight excluding hydrogens is 414 g/mol. The Labute approximate surface area is 185 Å². The Morgan fingerprint density at radius 2 is 2.00 bits per heavy atom. The summed E-state index contributed by atoms with van der Waals surface area (Å²) < 4.78 is 11.2. The summed E-state index contributed by atoms with van der Waals surface area (Å²) in [6, 6.07) is 5.60. The third kappa shape index (κ3) is 4.13. The maximum atomic E-state index is 13.4. The number of amides is 1. The number of ketones is 1. The molecule has 0 saturated heterocycles. The molecule has 0 radical (unpaired) electrons. The van der Waals surface area contributed by atoms with E-state index >= 15 is 0 Å². The summed E-state index contributed by atoms with van der Waals surface area (Å²) in [6.45, 7) is 2.91. The first-order valence-corrected chi connectivity index (χ1v) is 11.9. The molecule has 2 saturated carbocycles. The molecule has 2 aromatic rings. The Bertz CT molecular complexity index is 1000. The normalized spacial score (nSPS) is 23.6. The minimum atomic E-state index is -0.178.